The zero-order valence-corrected chi connectivity index (χ0v) is 10.8. The van der Waals surface area contributed by atoms with Gasteiger partial charge in [-0.15, -0.1) is 10.2 Å². The lowest BCUT2D eigenvalue weighted by molar-refractivity contribution is 0.102. The van der Waals surface area contributed by atoms with Crippen LogP contribution >= 0.6 is 33.9 Å². The van der Waals surface area contributed by atoms with Crippen LogP contribution in [0.25, 0.3) is 0 Å². The fraction of sp³-hybridized carbons (Fsp3) is 0. The molecule has 0 fully saturated rings. The van der Waals surface area contributed by atoms with Crippen molar-refractivity contribution >= 4 is 45.0 Å². The van der Waals surface area contributed by atoms with Crippen molar-refractivity contribution in [1.82, 2.24) is 10.2 Å². The van der Waals surface area contributed by atoms with Crippen molar-refractivity contribution in [2.45, 2.75) is 0 Å². The van der Waals surface area contributed by atoms with E-state index in [9.17, 15) is 9.90 Å². The first-order valence-corrected chi connectivity index (χ1v) is 6.18. The van der Waals surface area contributed by atoms with Gasteiger partial charge in [-0.2, -0.15) is 0 Å². The summed E-state index contributed by atoms with van der Waals surface area (Å²) in [6.45, 7) is 0. The number of halogens is 1. The van der Waals surface area contributed by atoms with Gasteiger partial charge >= 0.3 is 0 Å². The van der Waals surface area contributed by atoms with Gasteiger partial charge in [0.15, 0.2) is 0 Å². The van der Waals surface area contributed by atoms with Gasteiger partial charge in [-0.1, -0.05) is 11.3 Å². The van der Waals surface area contributed by atoms with Crippen LogP contribution in [0.3, 0.4) is 0 Å². The highest BCUT2D eigenvalue weighted by atomic mass is 127. The van der Waals surface area contributed by atoms with Gasteiger partial charge < -0.3 is 5.11 Å². The average molecular weight is 347 g/mol. The van der Waals surface area contributed by atoms with Gasteiger partial charge in [0.1, 0.15) is 11.3 Å². The summed E-state index contributed by atoms with van der Waals surface area (Å²) in [5.74, 6) is -0.228. The second-order valence-electron chi connectivity index (χ2n) is 2.86. The molecule has 0 saturated carbocycles. The molecule has 1 aromatic carbocycles. The van der Waals surface area contributed by atoms with Crippen molar-refractivity contribution < 1.29 is 9.90 Å². The smallest absolute Gasteiger partial charge is 0.257 e. The average Bonchev–Trinajstić information content (AvgIpc) is 2.74. The monoisotopic (exact) mass is 347 g/mol. The molecule has 0 saturated heterocycles. The van der Waals surface area contributed by atoms with Gasteiger partial charge in [0, 0.05) is 5.56 Å². The molecule has 0 atom stereocenters. The van der Waals surface area contributed by atoms with Crippen molar-refractivity contribution in [3.05, 3.63) is 32.8 Å². The van der Waals surface area contributed by atoms with Crippen molar-refractivity contribution in [3.63, 3.8) is 0 Å². The molecule has 0 radical (unpaired) electrons. The van der Waals surface area contributed by atoms with E-state index in [2.05, 4.69) is 15.5 Å². The standard InChI is InChI=1S/C9H6IN3O2S/c10-6-2-1-5(3-7(6)14)8(15)12-9-13-11-4-16-9/h1-4,14H,(H,12,13,15). The molecule has 2 N–H and O–H groups in total. The molecular formula is C9H6IN3O2S. The maximum absolute atomic E-state index is 11.7. The van der Waals surface area contributed by atoms with Crippen LogP contribution in [0.5, 0.6) is 5.75 Å². The fourth-order valence-electron chi connectivity index (χ4n) is 1.05. The van der Waals surface area contributed by atoms with Crippen molar-refractivity contribution in [2.75, 3.05) is 5.32 Å². The van der Waals surface area contributed by atoms with Crippen LogP contribution < -0.4 is 5.32 Å². The Morgan fingerprint density at radius 3 is 2.94 bits per heavy atom. The molecule has 1 aromatic heterocycles. The van der Waals surface area contributed by atoms with E-state index in [1.54, 1.807) is 12.1 Å². The number of aromatic nitrogens is 2. The van der Waals surface area contributed by atoms with E-state index in [-0.39, 0.29) is 11.7 Å². The van der Waals surface area contributed by atoms with Crippen LogP contribution in [0.15, 0.2) is 23.7 Å². The van der Waals surface area contributed by atoms with E-state index in [0.29, 0.717) is 14.3 Å². The zero-order chi connectivity index (χ0) is 11.5. The largest absolute Gasteiger partial charge is 0.507 e. The number of phenolic OH excluding ortho intramolecular Hbond substituents is 1. The molecule has 16 heavy (non-hydrogen) atoms. The number of anilines is 1. The molecule has 2 aromatic rings. The van der Waals surface area contributed by atoms with Gasteiger partial charge in [0.2, 0.25) is 5.13 Å². The molecule has 0 spiro atoms. The summed E-state index contributed by atoms with van der Waals surface area (Å²) < 4.78 is 0.699. The first kappa shape index (κ1) is 11.3. The third kappa shape index (κ3) is 2.47. The normalized spacial score (nSPS) is 10.1. The van der Waals surface area contributed by atoms with Crippen LogP contribution in [-0.4, -0.2) is 21.2 Å². The Hall–Kier alpha value is -1.22. The third-order valence-electron chi connectivity index (χ3n) is 1.79. The van der Waals surface area contributed by atoms with Crippen molar-refractivity contribution in [1.29, 1.82) is 0 Å². The maximum atomic E-state index is 11.7. The number of hydrogen-bond acceptors (Lipinski definition) is 5. The molecule has 0 aliphatic heterocycles. The van der Waals surface area contributed by atoms with Crippen LogP contribution in [-0.2, 0) is 0 Å². The number of nitrogens with one attached hydrogen (secondary N) is 1. The number of hydrogen-bond donors (Lipinski definition) is 2. The summed E-state index contributed by atoms with van der Waals surface area (Å²) in [6, 6.07) is 4.72. The Kier molecular flexibility index (Phi) is 3.34. The van der Waals surface area contributed by atoms with Gasteiger partial charge in [-0.05, 0) is 40.8 Å². The molecule has 5 nitrogen and oxygen atoms in total. The van der Waals surface area contributed by atoms with E-state index >= 15 is 0 Å². The maximum Gasteiger partial charge on any atom is 0.257 e. The summed E-state index contributed by atoms with van der Waals surface area (Å²) in [4.78, 5) is 11.7. The number of carbonyl (C=O) groups excluding carboxylic acids is 1. The Bertz CT molecular complexity index is 515. The van der Waals surface area contributed by atoms with E-state index in [1.165, 1.54) is 22.9 Å². The Morgan fingerprint density at radius 1 is 1.50 bits per heavy atom. The van der Waals surface area contributed by atoms with Crippen molar-refractivity contribution in [2.24, 2.45) is 0 Å². The molecule has 7 heteroatoms. The Labute approximate surface area is 109 Å². The molecule has 0 aliphatic carbocycles. The minimum Gasteiger partial charge on any atom is -0.507 e. The lowest BCUT2D eigenvalue weighted by Crippen LogP contribution is -2.11. The topological polar surface area (TPSA) is 75.1 Å². The number of aromatic hydroxyl groups is 1. The fourth-order valence-corrected chi connectivity index (χ4v) is 1.83. The highest BCUT2D eigenvalue weighted by Crippen LogP contribution is 2.21. The van der Waals surface area contributed by atoms with Crippen LogP contribution in [0, 0.1) is 3.57 Å². The first-order valence-electron chi connectivity index (χ1n) is 4.23. The summed E-state index contributed by atoms with van der Waals surface area (Å²) in [5, 5.41) is 19.8. The number of nitrogens with zero attached hydrogens (tertiary/aromatic N) is 2. The molecule has 2 rings (SSSR count). The Balaban J connectivity index is 2.18. The SMILES string of the molecule is O=C(Nc1nncs1)c1ccc(I)c(O)c1. The number of amides is 1. The first-order chi connectivity index (χ1) is 7.66. The third-order valence-corrected chi connectivity index (χ3v) is 3.31. The highest BCUT2D eigenvalue weighted by Gasteiger charge is 2.09. The van der Waals surface area contributed by atoms with Gasteiger partial charge in [-0.25, -0.2) is 0 Å². The summed E-state index contributed by atoms with van der Waals surface area (Å²) in [5.41, 5.74) is 1.91. The lowest BCUT2D eigenvalue weighted by atomic mass is 10.2. The molecule has 0 unspecified atom stereocenters. The van der Waals surface area contributed by atoms with E-state index in [4.69, 9.17) is 0 Å². The summed E-state index contributed by atoms with van der Waals surface area (Å²) in [6.07, 6.45) is 0. The molecule has 1 heterocycles. The van der Waals surface area contributed by atoms with Gasteiger partial charge in [0.25, 0.3) is 5.91 Å². The van der Waals surface area contributed by atoms with Gasteiger partial charge in [-0.3, -0.25) is 10.1 Å². The molecule has 0 aliphatic rings. The number of rotatable bonds is 2. The number of carbonyl (C=O) groups is 1. The molecule has 1 amide bonds. The van der Waals surface area contributed by atoms with E-state index < -0.39 is 0 Å². The molecule has 0 bridgehead atoms. The van der Waals surface area contributed by atoms with Crippen LogP contribution in [0.4, 0.5) is 5.13 Å². The van der Waals surface area contributed by atoms with E-state index in [1.807, 2.05) is 22.6 Å². The zero-order valence-electron chi connectivity index (χ0n) is 7.85. The number of phenols is 1. The molecular weight excluding hydrogens is 341 g/mol. The second kappa shape index (κ2) is 4.74. The quantitative estimate of drug-likeness (QED) is 0.816. The Morgan fingerprint density at radius 2 is 2.31 bits per heavy atom. The predicted octanol–water partition coefficient (Wildman–Crippen LogP) is 2.10. The highest BCUT2D eigenvalue weighted by molar-refractivity contribution is 14.1. The van der Waals surface area contributed by atoms with Crippen LogP contribution in [0.2, 0.25) is 0 Å². The lowest BCUT2D eigenvalue weighted by Gasteiger charge is -2.02. The summed E-state index contributed by atoms with van der Waals surface area (Å²) >= 11 is 3.22. The predicted molar refractivity (Wildman–Crippen MR) is 68.7 cm³/mol. The van der Waals surface area contributed by atoms with E-state index in [0.717, 1.165) is 0 Å². The van der Waals surface area contributed by atoms with Crippen LogP contribution in [0.1, 0.15) is 10.4 Å². The number of benzene rings is 1. The van der Waals surface area contributed by atoms with Gasteiger partial charge in [0.05, 0.1) is 3.57 Å². The molecule has 82 valence electrons. The minimum absolute atomic E-state index is 0.0884. The summed E-state index contributed by atoms with van der Waals surface area (Å²) in [7, 11) is 0. The second-order valence-corrected chi connectivity index (χ2v) is 4.86. The minimum atomic E-state index is -0.316. The van der Waals surface area contributed by atoms with Crippen molar-refractivity contribution in [3.8, 4) is 5.75 Å².